The minimum atomic E-state index is -0.322. The Bertz CT molecular complexity index is 497. The Balaban J connectivity index is 2.64. The van der Waals surface area contributed by atoms with Crippen LogP contribution in [0.1, 0.15) is 0 Å². The van der Waals surface area contributed by atoms with Crippen molar-refractivity contribution in [2.75, 3.05) is 5.73 Å². The molecule has 0 spiro atoms. The van der Waals surface area contributed by atoms with Crippen LogP contribution >= 0.6 is 11.6 Å². The van der Waals surface area contributed by atoms with Crippen LogP contribution < -0.4 is 5.73 Å². The van der Waals surface area contributed by atoms with Gasteiger partial charge in [0.25, 0.3) is 0 Å². The number of nitrogens with two attached hydrogens (primary N) is 1. The summed E-state index contributed by atoms with van der Waals surface area (Å²) in [4.78, 5) is 0. The Morgan fingerprint density at radius 2 is 1.73 bits per heavy atom. The topological polar surface area (TPSA) is 26.0 Å². The van der Waals surface area contributed by atoms with Crippen LogP contribution in [0.15, 0.2) is 42.5 Å². The number of para-hydroxylation sites is 1. The quantitative estimate of drug-likeness (QED) is 0.730. The van der Waals surface area contributed by atoms with Gasteiger partial charge >= 0.3 is 0 Å². The first-order valence-electron chi connectivity index (χ1n) is 4.48. The molecule has 0 unspecified atom stereocenters. The molecule has 0 heterocycles. The molecule has 0 amide bonds. The first-order valence-corrected chi connectivity index (χ1v) is 4.86. The number of halogens is 2. The largest absolute Gasteiger partial charge is 0.398 e. The van der Waals surface area contributed by atoms with Gasteiger partial charge in [0.15, 0.2) is 0 Å². The van der Waals surface area contributed by atoms with Crippen molar-refractivity contribution >= 4 is 17.3 Å². The molecule has 0 radical (unpaired) electrons. The lowest BCUT2D eigenvalue weighted by Crippen LogP contribution is -1.90. The van der Waals surface area contributed by atoms with E-state index in [0.29, 0.717) is 16.3 Å². The maximum Gasteiger partial charge on any atom is 0.123 e. The zero-order chi connectivity index (χ0) is 10.8. The molecule has 76 valence electrons. The zero-order valence-electron chi connectivity index (χ0n) is 7.87. The highest BCUT2D eigenvalue weighted by molar-refractivity contribution is 6.33. The minimum Gasteiger partial charge on any atom is -0.398 e. The number of anilines is 1. The van der Waals surface area contributed by atoms with Crippen LogP contribution in [0.4, 0.5) is 10.1 Å². The summed E-state index contributed by atoms with van der Waals surface area (Å²) in [6.07, 6.45) is 0. The standard InChI is InChI=1S/C12H9ClFN/c13-11-6-5-8(14)7-10(11)9-3-1-2-4-12(9)15/h1-7H,15H2. The van der Waals surface area contributed by atoms with Crippen LogP contribution in [-0.2, 0) is 0 Å². The fraction of sp³-hybridized carbons (Fsp3) is 0. The van der Waals surface area contributed by atoms with Crippen LogP contribution in [0.5, 0.6) is 0 Å². The average molecular weight is 222 g/mol. The maximum absolute atomic E-state index is 13.1. The molecular weight excluding hydrogens is 213 g/mol. The molecule has 0 aliphatic carbocycles. The molecule has 0 aliphatic rings. The molecule has 2 rings (SSSR count). The van der Waals surface area contributed by atoms with E-state index in [1.807, 2.05) is 18.2 Å². The van der Waals surface area contributed by atoms with Gasteiger partial charge in [-0.2, -0.15) is 0 Å². The molecule has 2 aromatic rings. The second kappa shape index (κ2) is 3.91. The maximum atomic E-state index is 13.1. The van der Waals surface area contributed by atoms with Gasteiger partial charge in [0.1, 0.15) is 5.82 Å². The number of nitrogen functional groups attached to an aromatic ring is 1. The van der Waals surface area contributed by atoms with Crippen molar-refractivity contribution in [3.05, 3.63) is 53.3 Å². The summed E-state index contributed by atoms with van der Waals surface area (Å²) in [5, 5.41) is 0.495. The van der Waals surface area contributed by atoms with Crippen molar-refractivity contribution in [1.82, 2.24) is 0 Å². The molecule has 2 aromatic carbocycles. The van der Waals surface area contributed by atoms with E-state index in [1.54, 1.807) is 6.07 Å². The van der Waals surface area contributed by atoms with Crippen LogP contribution in [0.2, 0.25) is 5.02 Å². The summed E-state index contributed by atoms with van der Waals surface area (Å²) in [7, 11) is 0. The van der Waals surface area contributed by atoms with Gasteiger partial charge in [-0.15, -0.1) is 0 Å². The third kappa shape index (κ3) is 1.95. The SMILES string of the molecule is Nc1ccccc1-c1cc(F)ccc1Cl. The van der Waals surface area contributed by atoms with Crippen molar-refractivity contribution in [2.45, 2.75) is 0 Å². The van der Waals surface area contributed by atoms with Gasteiger partial charge in [0.05, 0.1) is 0 Å². The fourth-order valence-corrected chi connectivity index (χ4v) is 1.67. The molecule has 1 nitrogen and oxygen atoms in total. The normalized spacial score (nSPS) is 10.3. The van der Waals surface area contributed by atoms with E-state index in [4.69, 9.17) is 17.3 Å². The molecule has 2 N–H and O–H groups in total. The van der Waals surface area contributed by atoms with E-state index < -0.39 is 0 Å². The molecule has 3 heteroatoms. The number of rotatable bonds is 1. The lowest BCUT2D eigenvalue weighted by Gasteiger charge is -2.07. The van der Waals surface area contributed by atoms with E-state index in [0.717, 1.165) is 5.56 Å². The van der Waals surface area contributed by atoms with E-state index in [9.17, 15) is 4.39 Å². The Morgan fingerprint density at radius 3 is 2.47 bits per heavy atom. The van der Waals surface area contributed by atoms with Crippen molar-refractivity contribution < 1.29 is 4.39 Å². The average Bonchev–Trinajstić information content (AvgIpc) is 2.23. The summed E-state index contributed by atoms with van der Waals surface area (Å²) in [6, 6.07) is 11.5. The fourth-order valence-electron chi connectivity index (χ4n) is 1.45. The third-order valence-corrected chi connectivity index (χ3v) is 2.51. The first-order chi connectivity index (χ1) is 7.18. The third-order valence-electron chi connectivity index (χ3n) is 2.18. The Hall–Kier alpha value is -1.54. The van der Waals surface area contributed by atoms with Crippen molar-refractivity contribution in [1.29, 1.82) is 0 Å². The monoisotopic (exact) mass is 221 g/mol. The highest BCUT2D eigenvalue weighted by Crippen LogP contribution is 2.32. The first kappa shape index (κ1) is 9.99. The van der Waals surface area contributed by atoms with E-state index >= 15 is 0 Å². The predicted octanol–water partition coefficient (Wildman–Crippen LogP) is 3.73. The summed E-state index contributed by atoms with van der Waals surface area (Å²) < 4.78 is 13.1. The van der Waals surface area contributed by atoms with E-state index in [2.05, 4.69) is 0 Å². The van der Waals surface area contributed by atoms with Crippen molar-refractivity contribution in [3.63, 3.8) is 0 Å². The summed E-state index contributed by atoms with van der Waals surface area (Å²) in [6.45, 7) is 0. The van der Waals surface area contributed by atoms with E-state index in [1.165, 1.54) is 18.2 Å². The second-order valence-corrected chi connectivity index (χ2v) is 3.62. The zero-order valence-corrected chi connectivity index (χ0v) is 8.63. The Kier molecular flexibility index (Phi) is 2.60. The summed E-state index contributed by atoms with van der Waals surface area (Å²) in [5.41, 5.74) is 7.75. The molecular formula is C12H9ClFN. The smallest absolute Gasteiger partial charge is 0.123 e. The second-order valence-electron chi connectivity index (χ2n) is 3.21. The molecule has 0 aromatic heterocycles. The Labute approximate surface area is 92.3 Å². The molecule has 0 aliphatic heterocycles. The van der Waals surface area contributed by atoms with Crippen LogP contribution in [0.3, 0.4) is 0 Å². The summed E-state index contributed by atoms with van der Waals surface area (Å²) in [5.74, 6) is -0.322. The van der Waals surface area contributed by atoms with Gasteiger partial charge in [-0.1, -0.05) is 29.8 Å². The van der Waals surface area contributed by atoms with Crippen LogP contribution in [0.25, 0.3) is 11.1 Å². The summed E-state index contributed by atoms with van der Waals surface area (Å²) >= 11 is 5.98. The number of hydrogen-bond acceptors (Lipinski definition) is 1. The van der Waals surface area contributed by atoms with Crippen molar-refractivity contribution in [3.8, 4) is 11.1 Å². The molecule has 0 fully saturated rings. The highest BCUT2D eigenvalue weighted by atomic mass is 35.5. The van der Waals surface area contributed by atoms with Crippen LogP contribution in [0, 0.1) is 5.82 Å². The number of benzene rings is 2. The van der Waals surface area contributed by atoms with Crippen molar-refractivity contribution in [2.24, 2.45) is 0 Å². The molecule has 0 saturated carbocycles. The lowest BCUT2D eigenvalue weighted by atomic mass is 10.0. The van der Waals surface area contributed by atoms with Gasteiger partial charge < -0.3 is 5.73 Å². The van der Waals surface area contributed by atoms with Crippen LogP contribution in [-0.4, -0.2) is 0 Å². The molecule has 0 atom stereocenters. The minimum absolute atomic E-state index is 0.322. The molecule has 0 saturated heterocycles. The predicted molar refractivity (Wildman–Crippen MR) is 61.3 cm³/mol. The van der Waals surface area contributed by atoms with Gasteiger partial charge in [-0.05, 0) is 24.3 Å². The lowest BCUT2D eigenvalue weighted by molar-refractivity contribution is 0.628. The van der Waals surface area contributed by atoms with Gasteiger partial charge in [0, 0.05) is 21.8 Å². The molecule has 0 bridgehead atoms. The number of hydrogen-bond donors (Lipinski definition) is 1. The molecule has 15 heavy (non-hydrogen) atoms. The van der Waals surface area contributed by atoms with Gasteiger partial charge in [-0.25, -0.2) is 4.39 Å². The van der Waals surface area contributed by atoms with E-state index in [-0.39, 0.29) is 5.82 Å². The highest BCUT2D eigenvalue weighted by Gasteiger charge is 2.07. The van der Waals surface area contributed by atoms with Gasteiger partial charge in [0.2, 0.25) is 0 Å². The van der Waals surface area contributed by atoms with Gasteiger partial charge in [-0.3, -0.25) is 0 Å². The Morgan fingerprint density at radius 1 is 1.00 bits per heavy atom.